The molecular formula is C24H20N3O3-. The zero-order chi connectivity index (χ0) is 21.8. The quantitative estimate of drug-likeness (QED) is 0.527. The lowest BCUT2D eigenvalue weighted by Gasteiger charge is -2.14. The molecule has 0 aliphatic rings. The molecule has 0 aliphatic carbocycles. The summed E-state index contributed by atoms with van der Waals surface area (Å²) in [7, 11) is 0. The Balaban J connectivity index is 1.97. The summed E-state index contributed by atoms with van der Waals surface area (Å²) in [6, 6.07) is 17.6. The number of benzene rings is 2. The molecule has 0 atom stereocenters. The first-order chi connectivity index (χ1) is 14.3. The molecular weight excluding hydrogens is 378 g/mol. The monoisotopic (exact) mass is 398 g/mol. The van der Waals surface area contributed by atoms with Crippen LogP contribution in [0.2, 0.25) is 0 Å². The van der Waals surface area contributed by atoms with Gasteiger partial charge in [-0.15, -0.1) is 0 Å². The summed E-state index contributed by atoms with van der Waals surface area (Å²) in [4.78, 5) is 23.6. The molecule has 3 aromatic rings. The highest BCUT2D eigenvalue weighted by molar-refractivity contribution is 6.09. The van der Waals surface area contributed by atoms with Crippen LogP contribution in [0.3, 0.4) is 0 Å². The standard InChI is InChI=1S/C24H21N3O3/c1-15-11-18(24(29)30)9-10-22(15)27-16(2)12-19(17(27)3)13-20(14-25)23(28)26-21-7-5-4-6-8-21/h4-13H,1-3H3,(H,26,28)(H,29,30)/p-1/b20-13-. The molecule has 1 aromatic heterocycles. The Hall–Kier alpha value is -4.11. The van der Waals surface area contributed by atoms with Gasteiger partial charge in [-0.3, -0.25) is 4.79 Å². The van der Waals surface area contributed by atoms with Gasteiger partial charge in [-0.1, -0.05) is 24.3 Å². The number of para-hydroxylation sites is 1. The van der Waals surface area contributed by atoms with Crippen LogP contribution >= 0.6 is 0 Å². The fourth-order valence-corrected chi connectivity index (χ4v) is 3.36. The zero-order valence-electron chi connectivity index (χ0n) is 16.9. The topological polar surface area (TPSA) is 97.9 Å². The predicted molar refractivity (Wildman–Crippen MR) is 113 cm³/mol. The lowest BCUT2D eigenvalue weighted by molar-refractivity contribution is -0.255. The first kappa shape index (κ1) is 20.6. The van der Waals surface area contributed by atoms with Gasteiger partial charge in [-0.25, -0.2) is 0 Å². The van der Waals surface area contributed by atoms with Crippen molar-refractivity contribution in [2.45, 2.75) is 20.8 Å². The summed E-state index contributed by atoms with van der Waals surface area (Å²) in [5, 5.41) is 23.3. The Morgan fingerprint density at radius 2 is 1.77 bits per heavy atom. The smallest absolute Gasteiger partial charge is 0.266 e. The van der Waals surface area contributed by atoms with Gasteiger partial charge in [0.25, 0.3) is 5.91 Å². The average Bonchev–Trinajstić information content (AvgIpc) is 2.99. The van der Waals surface area contributed by atoms with Crippen molar-refractivity contribution >= 4 is 23.6 Å². The summed E-state index contributed by atoms with van der Waals surface area (Å²) < 4.78 is 1.96. The van der Waals surface area contributed by atoms with E-state index >= 15 is 0 Å². The second-order valence-corrected chi connectivity index (χ2v) is 6.94. The van der Waals surface area contributed by atoms with Gasteiger partial charge in [-0.2, -0.15) is 5.26 Å². The molecule has 2 aromatic carbocycles. The Morgan fingerprint density at radius 1 is 1.07 bits per heavy atom. The summed E-state index contributed by atoms with van der Waals surface area (Å²) in [6.45, 7) is 5.62. The summed E-state index contributed by atoms with van der Waals surface area (Å²) in [5.74, 6) is -1.71. The highest BCUT2D eigenvalue weighted by atomic mass is 16.4. The molecule has 30 heavy (non-hydrogen) atoms. The van der Waals surface area contributed by atoms with Crippen LogP contribution < -0.4 is 10.4 Å². The van der Waals surface area contributed by atoms with E-state index in [0.717, 1.165) is 28.2 Å². The van der Waals surface area contributed by atoms with Gasteiger partial charge in [0.15, 0.2) is 0 Å². The molecule has 0 radical (unpaired) electrons. The van der Waals surface area contributed by atoms with E-state index in [0.29, 0.717) is 5.69 Å². The number of amides is 1. The number of carboxylic acids is 1. The molecule has 0 unspecified atom stereocenters. The lowest BCUT2D eigenvalue weighted by Crippen LogP contribution is -2.22. The molecule has 0 bridgehead atoms. The fraction of sp³-hybridized carbons (Fsp3) is 0.125. The number of aromatic nitrogens is 1. The average molecular weight is 398 g/mol. The Kier molecular flexibility index (Phi) is 5.84. The van der Waals surface area contributed by atoms with E-state index in [4.69, 9.17) is 0 Å². The second kappa shape index (κ2) is 8.50. The van der Waals surface area contributed by atoms with Crippen LogP contribution in [-0.4, -0.2) is 16.4 Å². The van der Waals surface area contributed by atoms with Crippen LogP contribution in [0.1, 0.15) is 32.9 Å². The largest absolute Gasteiger partial charge is 0.545 e. The first-order valence-corrected chi connectivity index (χ1v) is 9.31. The van der Waals surface area contributed by atoms with Crippen molar-refractivity contribution in [3.63, 3.8) is 0 Å². The van der Waals surface area contributed by atoms with E-state index in [9.17, 15) is 20.0 Å². The number of aryl methyl sites for hydroxylation is 2. The number of hydrogen-bond donors (Lipinski definition) is 1. The van der Waals surface area contributed by atoms with E-state index in [1.165, 1.54) is 6.07 Å². The molecule has 1 N–H and O–H groups in total. The first-order valence-electron chi connectivity index (χ1n) is 9.31. The maximum Gasteiger partial charge on any atom is 0.266 e. The van der Waals surface area contributed by atoms with Crippen LogP contribution in [0.25, 0.3) is 11.8 Å². The normalized spacial score (nSPS) is 11.1. The zero-order valence-corrected chi connectivity index (χ0v) is 16.9. The minimum absolute atomic E-state index is 0.0110. The van der Waals surface area contributed by atoms with Crippen LogP contribution in [0.5, 0.6) is 0 Å². The third-order valence-electron chi connectivity index (χ3n) is 4.84. The molecule has 0 saturated carbocycles. The Morgan fingerprint density at radius 3 is 2.37 bits per heavy atom. The van der Waals surface area contributed by atoms with Crippen molar-refractivity contribution in [3.8, 4) is 11.8 Å². The maximum atomic E-state index is 12.5. The van der Waals surface area contributed by atoms with Crippen molar-refractivity contribution in [2.24, 2.45) is 0 Å². The molecule has 0 aliphatic heterocycles. The van der Waals surface area contributed by atoms with Gasteiger partial charge in [0.05, 0.1) is 5.97 Å². The van der Waals surface area contributed by atoms with Gasteiger partial charge >= 0.3 is 0 Å². The molecule has 0 spiro atoms. The van der Waals surface area contributed by atoms with E-state index in [-0.39, 0.29) is 11.1 Å². The predicted octanol–water partition coefficient (Wildman–Crippen LogP) is 3.31. The molecule has 6 heteroatoms. The number of nitriles is 1. The Bertz CT molecular complexity index is 1200. The number of nitrogens with zero attached hydrogens (tertiary/aromatic N) is 2. The van der Waals surface area contributed by atoms with Gasteiger partial charge < -0.3 is 19.8 Å². The van der Waals surface area contributed by atoms with E-state index in [1.807, 2.05) is 43.5 Å². The Labute approximate surface area is 174 Å². The molecule has 0 fully saturated rings. The van der Waals surface area contributed by atoms with Gasteiger partial charge in [-0.05, 0) is 73.9 Å². The third-order valence-corrected chi connectivity index (χ3v) is 4.84. The number of carboxylic acid groups (broad SMARTS) is 1. The van der Waals surface area contributed by atoms with Crippen LogP contribution in [0.15, 0.2) is 60.2 Å². The number of carbonyl (C=O) groups excluding carboxylic acids is 2. The number of anilines is 1. The number of aromatic carboxylic acids is 1. The highest BCUT2D eigenvalue weighted by Gasteiger charge is 2.15. The van der Waals surface area contributed by atoms with Crippen molar-refractivity contribution in [1.82, 2.24) is 4.57 Å². The van der Waals surface area contributed by atoms with Crippen molar-refractivity contribution in [2.75, 3.05) is 5.32 Å². The number of nitrogens with one attached hydrogen (secondary N) is 1. The number of hydrogen-bond acceptors (Lipinski definition) is 4. The SMILES string of the molecule is Cc1cc(C(=O)[O-])ccc1-n1c(C)cc(/C=C(/C#N)C(=O)Nc2ccccc2)c1C. The number of carbonyl (C=O) groups is 2. The summed E-state index contributed by atoms with van der Waals surface area (Å²) in [5.41, 5.74) is 4.76. The molecule has 3 rings (SSSR count). The van der Waals surface area contributed by atoms with Crippen molar-refractivity contribution < 1.29 is 14.7 Å². The van der Waals surface area contributed by atoms with Gasteiger partial charge in [0, 0.05) is 22.8 Å². The number of rotatable bonds is 5. The molecule has 1 amide bonds. The van der Waals surface area contributed by atoms with E-state index in [1.54, 1.807) is 42.5 Å². The van der Waals surface area contributed by atoms with Gasteiger partial charge in [0.2, 0.25) is 0 Å². The molecule has 150 valence electrons. The second-order valence-electron chi connectivity index (χ2n) is 6.94. The van der Waals surface area contributed by atoms with Crippen molar-refractivity contribution in [3.05, 3.63) is 88.2 Å². The third kappa shape index (κ3) is 4.15. The van der Waals surface area contributed by atoms with Crippen LogP contribution in [0, 0.1) is 32.1 Å². The molecule has 1 heterocycles. The minimum atomic E-state index is -1.22. The molecule has 0 saturated heterocycles. The summed E-state index contributed by atoms with van der Waals surface area (Å²) in [6.07, 6.45) is 1.56. The van der Waals surface area contributed by atoms with Gasteiger partial charge in [0.1, 0.15) is 11.6 Å². The summed E-state index contributed by atoms with van der Waals surface area (Å²) >= 11 is 0. The minimum Gasteiger partial charge on any atom is -0.545 e. The maximum absolute atomic E-state index is 12.5. The van der Waals surface area contributed by atoms with E-state index in [2.05, 4.69) is 5.32 Å². The van der Waals surface area contributed by atoms with Crippen molar-refractivity contribution in [1.29, 1.82) is 5.26 Å². The lowest BCUT2D eigenvalue weighted by atomic mass is 10.1. The molecule has 6 nitrogen and oxygen atoms in total. The van der Waals surface area contributed by atoms with Crippen LogP contribution in [0.4, 0.5) is 5.69 Å². The highest BCUT2D eigenvalue weighted by Crippen LogP contribution is 2.25. The fourth-order valence-electron chi connectivity index (χ4n) is 3.36. The van der Waals surface area contributed by atoms with E-state index < -0.39 is 11.9 Å². The van der Waals surface area contributed by atoms with Crippen LogP contribution in [-0.2, 0) is 4.79 Å².